The lowest BCUT2D eigenvalue weighted by Gasteiger charge is -2.25. The van der Waals surface area contributed by atoms with Gasteiger partial charge in [0, 0.05) is 5.02 Å². The van der Waals surface area contributed by atoms with Gasteiger partial charge in [-0.2, -0.15) is 4.72 Å². The maximum atomic E-state index is 12.1. The van der Waals surface area contributed by atoms with Gasteiger partial charge in [0.15, 0.2) is 6.23 Å². The highest BCUT2D eigenvalue weighted by Crippen LogP contribution is 2.32. The van der Waals surface area contributed by atoms with Crippen LogP contribution in [-0.2, 0) is 14.8 Å². The average Bonchev–Trinajstić information content (AvgIpc) is 2.33. The van der Waals surface area contributed by atoms with Crippen molar-refractivity contribution in [3.63, 3.8) is 0 Å². The predicted octanol–water partition coefficient (Wildman–Crippen LogP) is 3.52. The molecule has 0 saturated heterocycles. The Morgan fingerprint density at radius 3 is 2.30 bits per heavy atom. The summed E-state index contributed by atoms with van der Waals surface area (Å²) in [6.07, 6.45) is 0.0474. The van der Waals surface area contributed by atoms with Crippen LogP contribution in [0, 0.1) is 0 Å². The number of hydrogen-bond donors (Lipinski definition) is 1. The fraction of sp³-hybridized carbons (Fsp3) is 0.273. The summed E-state index contributed by atoms with van der Waals surface area (Å²) in [7, 11) is -3.91. The van der Waals surface area contributed by atoms with Crippen LogP contribution in [0.15, 0.2) is 41.8 Å². The van der Waals surface area contributed by atoms with Gasteiger partial charge < -0.3 is 4.74 Å². The van der Waals surface area contributed by atoms with Crippen molar-refractivity contribution in [2.75, 3.05) is 6.61 Å². The van der Waals surface area contributed by atoms with E-state index >= 15 is 0 Å². The maximum Gasteiger partial charge on any atom is 0.242 e. The van der Waals surface area contributed by atoms with Crippen LogP contribution in [0.1, 0.15) is 0 Å². The van der Waals surface area contributed by atoms with Gasteiger partial charge in [-0.25, -0.2) is 8.42 Å². The van der Waals surface area contributed by atoms with E-state index in [1.165, 1.54) is 30.3 Å². The number of ether oxygens (including phenoxy) is 1. The summed E-state index contributed by atoms with van der Waals surface area (Å²) < 4.78 is 29.6. The van der Waals surface area contributed by atoms with Gasteiger partial charge in [0.05, 0.1) is 11.5 Å². The second-order valence-electron chi connectivity index (χ2n) is 3.62. The lowest BCUT2D eigenvalue weighted by molar-refractivity contribution is 0.0692. The van der Waals surface area contributed by atoms with E-state index in [0.29, 0.717) is 5.02 Å². The van der Waals surface area contributed by atoms with Crippen molar-refractivity contribution < 1.29 is 13.2 Å². The minimum atomic E-state index is -3.91. The van der Waals surface area contributed by atoms with E-state index in [1.54, 1.807) is 0 Å². The van der Waals surface area contributed by atoms with Crippen LogP contribution in [0.25, 0.3) is 0 Å². The Morgan fingerprint density at radius 2 is 1.85 bits per heavy atom. The smallest absolute Gasteiger partial charge is 0.242 e. The molecule has 9 heteroatoms. The zero-order chi connectivity index (χ0) is 15.4. The Kier molecular flexibility index (Phi) is 6.60. The Morgan fingerprint density at radius 1 is 1.30 bits per heavy atom. The zero-order valence-corrected chi connectivity index (χ0v) is 13.9. The molecule has 0 aliphatic carbocycles. The highest BCUT2D eigenvalue weighted by Gasteiger charge is 2.37. The van der Waals surface area contributed by atoms with E-state index in [9.17, 15) is 8.42 Å². The van der Waals surface area contributed by atoms with Crippen LogP contribution in [0.5, 0.6) is 0 Å². The standard InChI is InChI=1S/C11H11Cl4NO3S/c1-2-7-19-10(11(13,14)15)16-20(17,18)9-5-3-8(12)4-6-9/h2-6,10,16H,1,7H2. The molecule has 0 aliphatic heterocycles. The number of halogens is 4. The van der Waals surface area contributed by atoms with Gasteiger partial charge >= 0.3 is 0 Å². The summed E-state index contributed by atoms with van der Waals surface area (Å²) in [5.74, 6) is 0. The van der Waals surface area contributed by atoms with Crippen LogP contribution in [0.3, 0.4) is 0 Å². The fourth-order valence-corrected chi connectivity index (χ4v) is 3.01. The van der Waals surface area contributed by atoms with Gasteiger partial charge in [-0.1, -0.05) is 52.5 Å². The second kappa shape index (κ2) is 7.31. The van der Waals surface area contributed by atoms with Crippen LogP contribution in [-0.4, -0.2) is 25.0 Å². The molecule has 0 bridgehead atoms. The monoisotopic (exact) mass is 377 g/mol. The molecule has 1 atom stereocenters. The Hall–Kier alpha value is -0.0100. The first kappa shape index (κ1) is 18.0. The van der Waals surface area contributed by atoms with Crippen LogP contribution in [0.2, 0.25) is 5.02 Å². The highest BCUT2D eigenvalue weighted by molar-refractivity contribution is 7.89. The molecule has 1 aromatic rings. The lowest BCUT2D eigenvalue weighted by atomic mass is 10.4. The molecule has 1 unspecified atom stereocenters. The molecule has 0 saturated carbocycles. The van der Waals surface area contributed by atoms with Crippen molar-refractivity contribution in [1.29, 1.82) is 0 Å². The van der Waals surface area contributed by atoms with Crippen molar-refractivity contribution in [2.24, 2.45) is 0 Å². The number of sulfonamides is 1. The summed E-state index contributed by atoms with van der Waals surface area (Å²) in [5, 5.41) is 0.407. The average molecular weight is 379 g/mol. The molecule has 0 aliphatic rings. The van der Waals surface area contributed by atoms with Crippen molar-refractivity contribution in [1.82, 2.24) is 4.72 Å². The Bertz CT molecular complexity index is 554. The largest absolute Gasteiger partial charge is 0.354 e. The molecule has 4 nitrogen and oxygen atoms in total. The zero-order valence-electron chi connectivity index (χ0n) is 10.0. The van der Waals surface area contributed by atoms with Gasteiger partial charge in [0.2, 0.25) is 13.8 Å². The van der Waals surface area contributed by atoms with Crippen LogP contribution >= 0.6 is 46.4 Å². The van der Waals surface area contributed by atoms with E-state index in [4.69, 9.17) is 51.1 Å². The summed E-state index contributed by atoms with van der Waals surface area (Å²) >= 11 is 22.7. The SMILES string of the molecule is C=CCOC(NS(=O)(=O)c1ccc(Cl)cc1)C(Cl)(Cl)Cl. The first-order valence-electron chi connectivity index (χ1n) is 5.24. The lowest BCUT2D eigenvalue weighted by Crippen LogP contribution is -2.45. The molecule has 1 rings (SSSR count). The number of rotatable bonds is 6. The Balaban J connectivity index is 2.96. The molecule has 1 N–H and O–H groups in total. The van der Waals surface area contributed by atoms with Crippen LogP contribution in [0.4, 0.5) is 0 Å². The van der Waals surface area contributed by atoms with E-state index in [-0.39, 0.29) is 11.5 Å². The maximum absolute atomic E-state index is 12.1. The topological polar surface area (TPSA) is 55.4 Å². The third-order valence-electron chi connectivity index (χ3n) is 2.06. The fourth-order valence-electron chi connectivity index (χ4n) is 1.18. The van der Waals surface area contributed by atoms with Crippen molar-refractivity contribution in [3.8, 4) is 0 Å². The molecule has 1 aromatic carbocycles. The molecular formula is C11H11Cl4NO3S. The first-order chi connectivity index (χ1) is 9.16. The molecule has 0 spiro atoms. The quantitative estimate of drug-likeness (QED) is 0.468. The van der Waals surface area contributed by atoms with Gasteiger partial charge in [0.25, 0.3) is 0 Å². The van der Waals surface area contributed by atoms with Crippen molar-refractivity contribution >= 4 is 56.4 Å². The van der Waals surface area contributed by atoms with Gasteiger partial charge in [-0.05, 0) is 24.3 Å². The molecule has 0 radical (unpaired) electrons. The number of nitrogens with one attached hydrogen (secondary N) is 1. The second-order valence-corrected chi connectivity index (χ2v) is 8.14. The molecule has 0 aromatic heterocycles. The molecule has 0 fully saturated rings. The van der Waals surface area contributed by atoms with E-state index in [0.717, 1.165) is 0 Å². The number of alkyl halides is 3. The van der Waals surface area contributed by atoms with Crippen LogP contribution < -0.4 is 4.72 Å². The number of hydrogen-bond acceptors (Lipinski definition) is 3. The third kappa shape index (κ3) is 5.41. The van der Waals surface area contributed by atoms with Gasteiger partial charge in [-0.3, -0.25) is 0 Å². The number of benzene rings is 1. The van der Waals surface area contributed by atoms with Crippen molar-refractivity contribution in [2.45, 2.75) is 14.9 Å². The highest BCUT2D eigenvalue weighted by atomic mass is 35.6. The van der Waals surface area contributed by atoms with Gasteiger partial charge in [-0.15, -0.1) is 6.58 Å². The van der Waals surface area contributed by atoms with E-state index in [2.05, 4.69) is 11.3 Å². The third-order valence-corrected chi connectivity index (χ3v) is 4.33. The predicted molar refractivity (Wildman–Crippen MR) is 82.0 cm³/mol. The van der Waals surface area contributed by atoms with Gasteiger partial charge in [0.1, 0.15) is 0 Å². The molecule has 0 heterocycles. The summed E-state index contributed by atoms with van der Waals surface area (Å²) in [4.78, 5) is -0.0247. The normalized spacial score (nSPS) is 14.0. The van der Waals surface area contributed by atoms with E-state index in [1.807, 2.05) is 0 Å². The summed E-state index contributed by atoms with van der Waals surface area (Å²) in [6.45, 7) is 3.45. The minimum Gasteiger partial charge on any atom is -0.354 e. The molecular weight excluding hydrogens is 368 g/mol. The first-order valence-corrected chi connectivity index (χ1v) is 8.23. The minimum absolute atomic E-state index is 0.0156. The van der Waals surface area contributed by atoms with E-state index < -0.39 is 20.0 Å². The molecule has 20 heavy (non-hydrogen) atoms. The molecule has 0 amide bonds. The molecule has 112 valence electrons. The summed E-state index contributed by atoms with van der Waals surface area (Å²) in [6, 6.07) is 5.53. The summed E-state index contributed by atoms with van der Waals surface area (Å²) in [5.41, 5.74) is 0. The van der Waals surface area contributed by atoms with Crippen molar-refractivity contribution in [3.05, 3.63) is 41.9 Å². The Labute approximate surface area is 137 Å².